The third kappa shape index (κ3) is 3.58. The van der Waals surface area contributed by atoms with Crippen molar-refractivity contribution in [3.05, 3.63) is 84.4 Å². The van der Waals surface area contributed by atoms with E-state index in [4.69, 9.17) is 9.47 Å². The maximum atomic E-state index is 6.42. The summed E-state index contributed by atoms with van der Waals surface area (Å²) in [7, 11) is 1.69. The van der Waals surface area contributed by atoms with E-state index >= 15 is 0 Å². The lowest BCUT2D eigenvalue weighted by Gasteiger charge is -2.17. The van der Waals surface area contributed by atoms with Crippen molar-refractivity contribution in [1.29, 1.82) is 0 Å². The quantitative estimate of drug-likeness (QED) is 0.334. The Morgan fingerprint density at radius 3 is 2.25 bits per heavy atom. The summed E-state index contributed by atoms with van der Waals surface area (Å²) in [5, 5.41) is 2.16. The van der Waals surface area contributed by atoms with Crippen molar-refractivity contribution in [2.45, 2.75) is 11.8 Å². The van der Waals surface area contributed by atoms with Crippen molar-refractivity contribution in [3.8, 4) is 28.4 Å². The van der Waals surface area contributed by atoms with Gasteiger partial charge in [-0.05, 0) is 78.2 Å². The van der Waals surface area contributed by atoms with Crippen LogP contribution < -0.4 is 9.47 Å². The van der Waals surface area contributed by atoms with Gasteiger partial charge in [-0.3, -0.25) is 0 Å². The van der Waals surface area contributed by atoms with Crippen molar-refractivity contribution in [3.63, 3.8) is 0 Å². The van der Waals surface area contributed by atoms with Gasteiger partial charge >= 0.3 is 0 Å². The van der Waals surface area contributed by atoms with Gasteiger partial charge in [0.2, 0.25) is 0 Å². The van der Waals surface area contributed by atoms with Crippen LogP contribution in [0.4, 0.5) is 0 Å². The van der Waals surface area contributed by atoms with E-state index < -0.39 is 0 Å². The number of fused-ring (bicyclic) bond motifs is 1. The minimum atomic E-state index is 0.824. The highest BCUT2D eigenvalue weighted by Gasteiger charge is 2.15. The highest BCUT2D eigenvalue weighted by Crippen LogP contribution is 2.42. The van der Waals surface area contributed by atoms with Crippen molar-refractivity contribution in [1.82, 2.24) is 0 Å². The molecule has 0 aliphatic heterocycles. The Hall–Kier alpha value is -2.91. The van der Waals surface area contributed by atoms with Crippen molar-refractivity contribution in [2.24, 2.45) is 0 Å². The Labute approximate surface area is 170 Å². The van der Waals surface area contributed by atoms with E-state index in [0.29, 0.717) is 0 Å². The first kappa shape index (κ1) is 18.5. The lowest BCUT2D eigenvalue weighted by Crippen LogP contribution is -1.93. The molecule has 0 atom stereocenters. The minimum absolute atomic E-state index is 0.824. The molecule has 4 aromatic carbocycles. The molecule has 0 aliphatic carbocycles. The molecule has 0 radical (unpaired) electrons. The van der Waals surface area contributed by atoms with Gasteiger partial charge in [-0.1, -0.05) is 30.3 Å². The van der Waals surface area contributed by atoms with E-state index in [1.165, 1.54) is 16.0 Å². The average Bonchev–Trinajstić information content (AvgIpc) is 2.74. The van der Waals surface area contributed by atoms with Crippen LogP contribution >= 0.6 is 11.8 Å². The topological polar surface area (TPSA) is 18.5 Å². The van der Waals surface area contributed by atoms with Crippen LogP contribution in [-0.2, 0) is 0 Å². The van der Waals surface area contributed by atoms with Gasteiger partial charge in [-0.25, -0.2) is 0 Å². The molecule has 0 amide bonds. The number of thioether (sulfide) groups is 1. The Kier molecular flexibility index (Phi) is 5.27. The molecule has 28 heavy (non-hydrogen) atoms. The summed E-state index contributed by atoms with van der Waals surface area (Å²) < 4.78 is 11.8. The standard InChI is InChI=1S/C25H22O2S/c1-17-15-21(28-3)11-14-22(17)24-12-9-18-16-20(26-2)10-13-23(18)25(24)27-19-7-5-4-6-8-19/h4-16H,1-3H3. The molecule has 0 N–H and O–H groups in total. The van der Waals surface area contributed by atoms with Gasteiger partial charge in [0.1, 0.15) is 17.2 Å². The predicted molar refractivity (Wildman–Crippen MR) is 119 cm³/mol. The largest absolute Gasteiger partial charge is 0.497 e. The molecule has 0 aromatic heterocycles. The van der Waals surface area contributed by atoms with Crippen LogP contribution in [0, 0.1) is 6.92 Å². The molecule has 4 aromatic rings. The van der Waals surface area contributed by atoms with E-state index in [2.05, 4.69) is 49.6 Å². The highest BCUT2D eigenvalue weighted by atomic mass is 32.2. The van der Waals surface area contributed by atoms with E-state index in [1.54, 1.807) is 18.9 Å². The van der Waals surface area contributed by atoms with Gasteiger partial charge in [-0.15, -0.1) is 11.8 Å². The number of benzene rings is 4. The van der Waals surface area contributed by atoms with Crippen LogP contribution in [0.1, 0.15) is 5.56 Å². The smallest absolute Gasteiger partial charge is 0.143 e. The summed E-state index contributed by atoms with van der Waals surface area (Å²) in [4.78, 5) is 1.26. The SMILES string of the molecule is COc1ccc2c(Oc3ccccc3)c(-c3ccc(SC)cc3C)ccc2c1. The summed E-state index contributed by atoms with van der Waals surface area (Å²) >= 11 is 1.76. The van der Waals surface area contributed by atoms with E-state index in [-0.39, 0.29) is 0 Å². The normalized spacial score (nSPS) is 10.8. The molecule has 0 unspecified atom stereocenters. The second-order valence-electron chi connectivity index (χ2n) is 6.63. The summed E-state index contributed by atoms with van der Waals surface area (Å²) in [5.74, 6) is 2.53. The number of rotatable bonds is 5. The van der Waals surface area contributed by atoms with Crippen LogP contribution in [0.3, 0.4) is 0 Å². The summed E-state index contributed by atoms with van der Waals surface area (Å²) in [6.07, 6.45) is 2.10. The number of methoxy groups -OCH3 is 1. The van der Waals surface area contributed by atoms with Crippen molar-refractivity contribution >= 4 is 22.5 Å². The second kappa shape index (κ2) is 7.99. The molecule has 0 fully saturated rings. The Bertz CT molecular complexity index is 1120. The minimum Gasteiger partial charge on any atom is -0.497 e. The molecule has 0 saturated heterocycles. The molecule has 0 aliphatic rings. The average molecular weight is 387 g/mol. The lowest BCUT2D eigenvalue weighted by atomic mass is 9.96. The van der Waals surface area contributed by atoms with E-state index in [0.717, 1.165) is 33.6 Å². The predicted octanol–water partition coefficient (Wildman–Crippen LogP) is 7.34. The van der Waals surface area contributed by atoms with Gasteiger partial charge in [-0.2, -0.15) is 0 Å². The molecule has 4 rings (SSSR count). The zero-order valence-corrected chi connectivity index (χ0v) is 17.0. The number of aryl methyl sites for hydroxylation is 1. The third-order valence-electron chi connectivity index (χ3n) is 4.86. The fourth-order valence-corrected chi connectivity index (χ4v) is 3.90. The Morgan fingerprint density at radius 2 is 1.54 bits per heavy atom. The van der Waals surface area contributed by atoms with Crippen molar-refractivity contribution < 1.29 is 9.47 Å². The van der Waals surface area contributed by atoms with Crippen LogP contribution in [0.25, 0.3) is 21.9 Å². The lowest BCUT2D eigenvalue weighted by molar-refractivity contribution is 0.415. The van der Waals surface area contributed by atoms with Crippen LogP contribution in [0.15, 0.2) is 83.8 Å². The fourth-order valence-electron chi connectivity index (χ4n) is 3.40. The summed E-state index contributed by atoms with van der Waals surface area (Å²) in [6, 6.07) is 26.9. The second-order valence-corrected chi connectivity index (χ2v) is 7.50. The number of para-hydroxylation sites is 1. The molecular formula is C25H22O2S. The summed E-state index contributed by atoms with van der Waals surface area (Å²) in [5.41, 5.74) is 3.51. The summed E-state index contributed by atoms with van der Waals surface area (Å²) in [6.45, 7) is 2.15. The molecule has 3 heteroatoms. The zero-order valence-electron chi connectivity index (χ0n) is 16.2. The first-order valence-electron chi connectivity index (χ1n) is 9.18. The number of hydrogen-bond donors (Lipinski definition) is 0. The van der Waals surface area contributed by atoms with Crippen molar-refractivity contribution in [2.75, 3.05) is 13.4 Å². The zero-order chi connectivity index (χ0) is 19.5. The maximum absolute atomic E-state index is 6.42. The number of hydrogen-bond acceptors (Lipinski definition) is 3. The molecule has 2 nitrogen and oxygen atoms in total. The van der Waals surface area contributed by atoms with Gasteiger partial charge in [0.15, 0.2) is 0 Å². The maximum Gasteiger partial charge on any atom is 0.143 e. The van der Waals surface area contributed by atoms with E-state index in [1.807, 2.05) is 42.5 Å². The molecule has 0 spiro atoms. The third-order valence-corrected chi connectivity index (χ3v) is 5.59. The van der Waals surface area contributed by atoms with Gasteiger partial charge < -0.3 is 9.47 Å². The molecule has 140 valence electrons. The van der Waals surface area contributed by atoms with Gasteiger partial charge in [0.05, 0.1) is 7.11 Å². The number of ether oxygens (including phenoxy) is 2. The van der Waals surface area contributed by atoms with Gasteiger partial charge in [0.25, 0.3) is 0 Å². The Morgan fingerprint density at radius 1 is 0.750 bits per heavy atom. The van der Waals surface area contributed by atoms with Gasteiger partial charge in [0, 0.05) is 15.8 Å². The molecule has 0 saturated carbocycles. The Balaban J connectivity index is 1.93. The highest BCUT2D eigenvalue weighted by molar-refractivity contribution is 7.98. The molecule has 0 heterocycles. The molecular weight excluding hydrogens is 364 g/mol. The van der Waals surface area contributed by atoms with Crippen LogP contribution in [0.2, 0.25) is 0 Å². The molecule has 0 bridgehead atoms. The monoisotopic (exact) mass is 386 g/mol. The first-order chi connectivity index (χ1) is 13.7. The van der Waals surface area contributed by atoms with Crippen LogP contribution in [-0.4, -0.2) is 13.4 Å². The fraction of sp³-hybridized carbons (Fsp3) is 0.120. The first-order valence-corrected chi connectivity index (χ1v) is 10.4. The van der Waals surface area contributed by atoms with E-state index in [9.17, 15) is 0 Å². The van der Waals surface area contributed by atoms with Crippen LogP contribution in [0.5, 0.6) is 17.2 Å².